The Morgan fingerprint density at radius 1 is 1.29 bits per heavy atom. The van der Waals surface area contributed by atoms with E-state index in [0.717, 1.165) is 19.5 Å². The van der Waals surface area contributed by atoms with Gasteiger partial charge in [0.2, 0.25) is 0 Å². The molecule has 0 spiro atoms. The largest absolute Gasteiger partial charge is 0.391 e. The number of alkyl halides is 3. The van der Waals surface area contributed by atoms with Crippen molar-refractivity contribution in [3.05, 3.63) is 0 Å². The molecule has 1 aliphatic heterocycles. The molecule has 1 heterocycles. The van der Waals surface area contributed by atoms with Crippen molar-refractivity contribution in [1.82, 2.24) is 9.80 Å². The van der Waals surface area contributed by atoms with Gasteiger partial charge in [0.25, 0.3) is 0 Å². The number of hydrogen-bond donors (Lipinski definition) is 1. The average molecular weight is 254 g/mol. The number of aliphatic hydroxyl groups excluding tert-OH is 1. The summed E-state index contributed by atoms with van der Waals surface area (Å²) in [7, 11) is 3.79. The molecule has 1 saturated heterocycles. The third-order valence-corrected chi connectivity index (χ3v) is 3.28. The summed E-state index contributed by atoms with van der Waals surface area (Å²) in [5.41, 5.74) is 0. The predicted molar refractivity (Wildman–Crippen MR) is 59.8 cm³/mol. The second-order valence-electron chi connectivity index (χ2n) is 4.88. The van der Waals surface area contributed by atoms with Crippen LogP contribution in [-0.4, -0.2) is 67.0 Å². The van der Waals surface area contributed by atoms with Gasteiger partial charge in [0.15, 0.2) is 0 Å². The van der Waals surface area contributed by atoms with E-state index in [-0.39, 0.29) is 12.5 Å². The Kier molecular flexibility index (Phi) is 5.22. The SMILES string of the molecule is CN1CCCN(C)C(C(O)CCC(F)(F)F)C1. The molecular weight excluding hydrogens is 233 g/mol. The summed E-state index contributed by atoms with van der Waals surface area (Å²) < 4.78 is 36.3. The van der Waals surface area contributed by atoms with Gasteiger partial charge in [0.1, 0.15) is 0 Å². The fourth-order valence-corrected chi connectivity index (χ4v) is 2.23. The molecule has 3 nitrogen and oxygen atoms in total. The van der Waals surface area contributed by atoms with Gasteiger partial charge >= 0.3 is 6.18 Å². The van der Waals surface area contributed by atoms with Gasteiger partial charge in [-0.15, -0.1) is 0 Å². The lowest BCUT2D eigenvalue weighted by molar-refractivity contribution is -0.142. The summed E-state index contributed by atoms with van der Waals surface area (Å²) in [4.78, 5) is 4.02. The summed E-state index contributed by atoms with van der Waals surface area (Å²) in [6.45, 7) is 2.36. The lowest BCUT2D eigenvalue weighted by atomic mass is 10.0. The minimum atomic E-state index is -4.18. The molecule has 17 heavy (non-hydrogen) atoms. The van der Waals surface area contributed by atoms with Crippen molar-refractivity contribution in [3.8, 4) is 0 Å². The van der Waals surface area contributed by atoms with Gasteiger partial charge in [-0.2, -0.15) is 13.2 Å². The number of likely N-dealkylation sites (N-methyl/N-ethyl adjacent to an activating group) is 2. The van der Waals surface area contributed by atoms with Crippen LogP contribution in [0.4, 0.5) is 13.2 Å². The molecule has 6 heteroatoms. The summed E-state index contributed by atoms with van der Waals surface area (Å²) in [5.74, 6) is 0. The Morgan fingerprint density at radius 2 is 1.94 bits per heavy atom. The van der Waals surface area contributed by atoms with Crippen LogP contribution in [0.3, 0.4) is 0 Å². The van der Waals surface area contributed by atoms with Crippen LogP contribution in [0, 0.1) is 0 Å². The zero-order valence-corrected chi connectivity index (χ0v) is 10.4. The monoisotopic (exact) mass is 254 g/mol. The van der Waals surface area contributed by atoms with Gasteiger partial charge in [-0.1, -0.05) is 0 Å². The normalized spacial score (nSPS) is 26.8. The Morgan fingerprint density at radius 3 is 2.53 bits per heavy atom. The van der Waals surface area contributed by atoms with Crippen molar-refractivity contribution in [1.29, 1.82) is 0 Å². The number of rotatable bonds is 3. The Bertz CT molecular complexity index is 235. The maximum atomic E-state index is 12.1. The van der Waals surface area contributed by atoms with Gasteiger partial charge < -0.3 is 10.0 Å². The van der Waals surface area contributed by atoms with Crippen LogP contribution in [0.5, 0.6) is 0 Å². The van der Waals surface area contributed by atoms with Crippen molar-refractivity contribution < 1.29 is 18.3 Å². The first-order chi connectivity index (χ1) is 7.79. The van der Waals surface area contributed by atoms with Gasteiger partial charge in [-0.25, -0.2) is 0 Å². The first-order valence-electron chi connectivity index (χ1n) is 5.93. The fraction of sp³-hybridized carbons (Fsp3) is 1.00. The van der Waals surface area contributed by atoms with Gasteiger partial charge in [-0.3, -0.25) is 4.90 Å². The van der Waals surface area contributed by atoms with Crippen LogP contribution in [0.2, 0.25) is 0 Å². The van der Waals surface area contributed by atoms with E-state index in [4.69, 9.17) is 0 Å². The minimum absolute atomic E-state index is 0.204. The van der Waals surface area contributed by atoms with Crippen molar-refractivity contribution in [2.45, 2.75) is 37.6 Å². The number of halogens is 3. The Balaban J connectivity index is 2.50. The highest BCUT2D eigenvalue weighted by Crippen LogP contribution is 2.24. The minimum Gasteiger partial charge on any atom is -0.391 e. The maximum absolute atomic E-state index is 12.1. The molecule has 1 N–H and O–H groups in total. The molecule has 0 aromatic heterocycles. The number of nitrogens with zero attached hydrogens (tertiary/aromatic N) is 2. The molecule has 0 amide bonds. The number of aliphatic hydroxyl groups is 1. The van der Waals surface area contributed by atoms with E-state index in [1.165, 1.54) is 0 Å². The third-order valence-electron chi connectivity index (χ3n) is 3.28. The molecule has 0 bridgehead atoms. The Labute approximate surface area is 100 Å². The van der Waals surface area contributed by atoms with Crippen LogP contribution >= 0.6 is 0 Å². The van der Waals surface area contributed by atoms with Crippen LogP contribution < -0.4 is 0 Å². The first-order valence-corrected chi connectivity index (χ1v) is 5.93. The third kappa shape index (κ3) is 5.23. The molecule has 1 aliphatic rings. The molecule has 0 radical (unpaired) electrons. The molecular formula is C11H21F3N2O. The Hall–Kier alpha value is -0.330. The summed E-state index contributed by atoms with van der Waals surface area (Å²) in [6.07, 6.45) is -5.25. The summed E-state index contributed by atoms with van der Waals surface area (Å²) in [6, 6.07) is -0.204. The molecule has 1 fully saturated rings. The molecule has 0 aromatic carbocycles. The maximum Gasteiger partial charge on any atom is 0.389 e. The van der Waals surface area contributed by atoms with Crippen LogP contribution in [0.25, 0.3) is 0 Å². The van der Waals surface area contributed by atoms with Crippen LogP contribution in [-0.2, 0) is 0 Å². The lowest BCUT2D eigenvalue weighted by Gasteiger charge is -2.31. The van der Waals surface area contributed by atoms with E-state index in [1.54, 1.807) is 0 Å². The highest BCUT2D eigenvalue weighted by Gasteiger charge is 2.32. The smallest absolute Gasteiger partial charge is 0.389 e. The molecule has 102 valence electrons. The van der Waals surface area contributed by atoms with Crippen molar-refractivity contribution >= 4 is 0 Å². The topological polar surface area (TPSA) is 26.7 Å². The molecule has 0 aromatic rings. The van der Waals surface area contributed by atoms with E-state index < -0.39 is 18.7 Å². The molecule has 0 aliphatic carbocycles. The van der Waals surface area contributed by atoms with Gasteiger partial charge in [-0.05, 0) is 40.0 Å². The van der Waals surface area contributed by atoms with E-state index in [9.17, 15) is 18.3 Å². The molecule has 2 unspecified atom stereocenters. The van der Waals surface area contributed by atoms with E-state index in [0.29, 0.717) is 6.54 Å². The molecule has 0 saturated carbocycles. The van der Waals surface area contributed by atoms with Crippen molar-refractivity contribution in [3.63, 3.8) is 0 Å². The quantitative estimate of drug-likeness (QED) is 0.823. The van der Waals surface area contributed by atoms with E-state index in [1.807, 2.05) is 19.0 Å². The standard InChI is InChI=1S/C11H21F3N2O/c1-15-6-3-7-16(2)9(8-15)10(17)4-5-11(12,13)14/h9-10,17H,3-8H2,1-2H3. The van der Waals surface area contributed by atoms with E-state index in [2.05, 4.69) is 4.90 Å². The molecule has 1 rings (SSSR count). The second-order valence-corrected chi connectivity index (χ2v) is 4.88. The van der Waals surface area contributed by atoms with E-state index >= 15 is 0 Å². The highest BCUT2D eigenvalue weighted by molar-refractivity contribution is 4.83. The average Bonchev–Trinajstić information content (AvgIpc) is 2.36. The first kappa shape index (κ1) is 14.7. The molecule has 2 atom stereocenters. The second kappa shape index (κ2) is 6.02. The highest BCUT2D eigenvalue weighted by atomic mass is 19.4. The zero-order chi connectivity index (χ0) is 13.1. The van der Waals surface area contributed by atoms with Crippen LogP contribution in [0.1, 0.15) is 19.3 Å². The summed E-state index contributed by atoms with van der Waals surface area (Å²) >= 11 is 0. The van der Waals surface area contributed by atoms with Crippen molar-refractivity contribution in [2.24, 2.45) is 0 Å². The lowest BCUT2D eigenvalue weighted by Crippen LogP contribution is -2.46. The number of hydrogen-bond acceptors (Lipinski definition) is 3. The van der Waals surface area contributed by atoms with Crippen molar-refractivity contribution in [2.75, 3.05) is 33.7 Å². The fourth-order valence-electron chi connectivity index (χ4n) is 2.23. The zero-order valence-electron chi connectivity index (χ0n) is 10.4. The van der Waals surface area contributed by atoms with Gasteiger partial charge in [0, 0.05) is 19.0 Å². The van der Waals surface area contributed by atoms with Gasteiger partial charge in [0.05, 0.1) is 6.10 Å². The predicted octanol–water partition coefficient (Wildman–Crippen LogP) is 1.33. The van der Waals surface area contributed by atoms with Crippen LogP contribution in [0.15, 0.2) is 0 Å². The summed E-state index contributed by atoms with van der Waals surface area (Å²) in [5, 5.41) is 9.88.